The summed E-state index contributed by atoms with van der Waals surface area (Å²) in [5.74, 6) is -1.03. The lowest BCUT2D eigenvalue weighted by atomic mass is 10.0. The van der Waals surface area contributed by atoms with Crippen LogP contribution in [0.25, 0.3) is 6.08 Å². The van der Waals surface area contributed by atoms with Gasteiger partial charge in [-0.1, -0.05) is 11.6 Å². The van der Waals surface area contributed by atoms with Crippen LogP contribution in [0.3, 0.4) is 0 Å². The van der Waals surface area contributed by atoms with E-state index in [4.69, 9.17) is 16.3 Å². The quantitative estimate of drug-likeness (QED) is 0.354. The Bertz CT molecular complexity index is 826. The molecule has 1 aliphatic rings. The molecule has 0 aromatic heterocycles. The number of hydrogen-bond donors (Lipinski definition) is 0. The van der Waals surface area contributed by atoms with Crippen LogP contribution in [0.1, 0.15) is 26.3 Å². The fraction of sp³-hybridized carbons (Fsp3) is 0.294. The van der Waals surface area contributed by atoms with Gasteiger partial charge in [0.25, 0.3) is 11.6 Å². The lowest BCUT2D eigenvalue weighted by molar-refractivity contribution is -0.384. The van der Waals surface area contributed by atoms with Gasteiger partial charge in [-0.15, -0.1) is 0 Å². The molecule has 0 bridgehead atoms. The number of ether oxygens (including phenoxy) is 1. The molecule has 0 aliphatic carbocycles. The van der Waals surface area contributed by atoms with Crippen molar-refractivity contribution in [3.05, 3.63) is 55.7 Å². The second-order valence-corrected chi connectivity index (χ2v) is 6.15. The summed E-state index contributed by atoms with van der Waals surface area (Å²) in [7, 11) is 1.23. The first-order chi connectivity index (χ1) is 11.7. The molecule has 0 N–H and O–H groups in total. The number of carbonyl (C=O) groups excluding carboxylic acids is 2. The van der Waals surface area contributed by atoms with E-state index in [1.807, 2.05) is 13.8 Å². The third kappa shape index (κ3) is 3.41. The molecule has 0 unspecified atom stereocenters. The Hall–Kier alpha value is -2.67. The van der Waals surface area contributed by atoms with Crippen molar-refractivity contribution in [2.45, 2.75) is 26.8 Å². The second kappa shape index (κ2) is 7.06. The Labute approximate surface area is 149 Å². The number of nitrogens with zero attached hydrogens (tertiary/aromatic N) is 2. The standard InChI is InChI=1S/C17H17ClN2O5/c1-9(2)19-10(3)15(17(22)25-4)13(16(19)21)8-11-7-12(20(23)24)5-6-14(11)18/h5-9H,1-4H3/b13-8-. The number of hydrogen-bond acceptors (Lipinski definition) is 5. The van der Waals surface area contributed by atoms with E-state index in [0.717, 1.165) is 0 Å². The number of carbonyl (C=O) groups is 2. The Balaban J connectivity index is 2.65. The zero-order chi connectivity index (χ0) is 18.9. The lowest BCUT2D eigenvalue weighted by Crippen LogP contribution is -2.31. The van der Waals surface area contributed by atoms with Crippen LogP contribution in [0.5, 0.6) is 0 Å². The van der Waals surface area contributed by atoms with Crippen LogP contribution >= 0.6 is 11.6 Å². The Morgan fingerprint density at radius 3 is 2.56 bits per heavy atom. The summed E-state index contributed by atoms with van der Waals surface area (Å²) >= 11 is 6.10. The minimum absolute atomic E-state index is 0.0976. The van der Waals surface area contributed by atoms with Gasteiger partial charge in [0.15, 0.2) is 0 Å². The number of allylic oxidation sites excluding steroid dienone is 1. The Morgan fingerprint density at radius 2 is 2.04 bits per heavy atom. The van der Waals surface area contributed by atoms with Crippen LogP contribution in [0.4, 0.5) is 5.69 Å². The van der Waals surface area contributed by atoms with Gasteiger partial charge in [-0.05, 0) is 32.9 Å². The van der Waals surface area contributed by atoms with Crippen LogP contribution in [0.2, 0.25) is 5.02 Å². The number of non-ortho nitro benzene ring substituents is 1. The number of nitro groups is 1. The minimum atomic E-state index is -0.651. The molecule has 2 rings (SSSR count). The van der Waals surface area contributed by atoms with E-state index in [0.29, 0.717) is 5.70 Å². The third-order valence-electron chi connectivity index (χ3n) is 3.84. The van der Waals surface area contributed by atoms with E-state index in [2.05, 4.69) is 0 Å². The van der Waals surface area contributed by atoms with Gasteiger partial charge in [-0.3, -0.25) is 14.9 Å². The number of amides is 1. The fourth-order valence-corrected chi connectivity index (χ4v) is 2.90. The van der Waals surface area contributed by atoms with Crippen molar-refractivity contribution in [3.8, 4) is 0 Å². The van der Waals surface area contributed by atoms with Crippen molar-refractivity contribution >= 4 is 35.2 Å². The van der Waals surface area contributed by atoms with Gasteiger partial charge in [0.05, 0.1) is 23.2 Å². The highest BCUT2D eigenvalue weighted by molar-refractivity contribution is 6.32. The zero-order valence-electron chi connectivity index (χ0n) is 14.2. The summed E-state index contributed by atoms with van der Waals surface area (Å²) in [6.45, 7) is 5.29. The number of methoxy groups -OCH3 is 1. The summed E-state index contributed by atoms with van der Waals surface area (Å²) in [6.07, 6.45) is 1.38. The fourth-order valence-electron chi connectivity index (χ4n) is 2.73. The van der Waals surface area contributed by atoms with Crippen molar-refractivity contribution in [2.75, 3.05) is 7.11 Å². The molecule has 132 valence electrons. The third-order valence-corrected chi connectivity index (χ3v) is 4.18. The molecule has 1 aliphatic heterocycles. The first-order valence-electron chi connectivity index (χ1n) is 7.47. The molecule has 8 heteroatoms. The smallest absolute Gasteiger partial charge is 0.340 e. The predicted octanol–water partition coefficient (Wildman–Crippen LogP) is 3.33. The van der Waals surface area contributed by atoms with Crippen LogP contribution < -0.4 is 0 Å². The normalized spacial score (nSPS) is 16.2. The molecular formula is C17H17ClN2O5. The van der Waals surface area contributed by atoms with Gasteiger partial charge in [-0.2, -0.15) is 0 Å². The zero-order valence-corrected chi connectivity index (χ0v) is 15.0. The molecule has 1 aromatic carbocycles. The molecule has 0 saturated carbocycles. The number of nitro benzene ring substituents is 1. The Morgan fingerprint density at radius 1 is 1.40 bits per heavy atom. The molecule has 25 heavy (non-hydrogen) atoms. The SMILES string of the molecule is COC(=O)C1=C(C)N(C(C)C)C(=O)/C1=C\c1cc([N+](=O)[O-])ccc1Cl. The summed E-state index contributed by atoms with van der Waals surface area (Å²) in [5.41, 5.74) is 0.811. The molecule has 7 nitrogen and oxygen atoms in total. The van der Waals surface area contributed by atoms with Gasteiger partial charge >= 0.3 is 5.97 Å². The molecule has 1 heterocycles. The summed E-state index contributed by atoms with van der Waals surface area (Å²) in [5, 5.41) is 11.2. The summed E-state index contributed by atoms with van der Waals surface area (Å²) in [4.78, 5) is 36.8. The average molecular weight is 365 g/mol. The molecule has 0 spiro atoms. The topological polar surface area (TPSA) is 89.8 Å². The van der Waals surface area contributed by atoms with Crippen LogP contribution in [-0.2, 0) is 14.3 Å². The average Bonchev–Trinajstić information content (AvgIpc) is 2.79. The van der Waals surface area contributed by atoms with Gasteiger partial charge < -0.3 is 9.64 Å². The van der Waals surface area contributed by atoms with Crippen LogP contribution in [-0.4, -0.2) is 34.9 Å². The van der Waals surface area contributed by atoms with E-state index in [-0.39, 0.29) is 39.4 Å². The van der Waals surface area contributed by atoms with Crippen molar-refractivity contribution in [3.63, 3.8) is 0 Å². The van der Waals surface area contributed by atoms with E-state index < -0.39 is 10.9 Å². The first kappa shape index (κ1) is 18.7. The second-order valence-electron chi connectivity index (χ2n) is 5.74. The summed E-state index contributed by atoms with van der Waals surface area (Å²) < 4.78 is 4.78. The molecule has 1 amide bonds. The number of halogens is 1. The van der Waals surface area contributed by atoms with E-state index in [1.165, 1.54) is 36.3 Å². The monoisotopic (exact) mass is 364 g/mol. The number of benzene rings is 1. The molecule has 1 aromatic rings. The van der Waals surface area contributed by atoms with E-state index in [9.17, 15) is 19.7 Å². The maximum atomic E-state index is 12.8. The first-order valence-corrected chi connectivity index (χ1v) is 7.85. The maximum Gasteiger partial charge on any atom is 0.340 e. The molecular weight excluding hydrogens is 348 g/mol. The summed E-state index contributed by atoms with van der Waals surface area (Å²) in [6, 6.07) is 3.73. The van der Waals surface area contributed by atoms with E-state index >= 15 is 0 Å². The maximum absolute atomic E-state index is 12.8. The van der Waals surface area contributed by atoms with Gasteiger partial charge in [0.2, 0.25) is 0 Å². The highest BCUT2D eigenvalue weighted by Gasteiger charge is 2.38. The van der Waals surface area contributed by atoms with Gasteiger partial charge in [-0.25, -0.2) is 4.79 Å². The minimum Gasteiger partial charge on any atom is -0.465 e. The van der Waals surface area contributed by atoms with Crippen molar-refractivity contribution < 1.29 is 19.2 Å². The highest BCUT2D eigenvalue weighted by Crippen LogP contribution is 2.34. The van der Waals surface area contributed by atoms with E-state index in [1.54, 1.807) is 6.92 Å². The van der Waals surface area contributed by atoms with Crippen molar-refractivity contribution in [1.29, 1.82) is 0 Å². The molecule has 0 radical (unpaired) electrons. The van der Waals surface area contributed by atoms with Gasteiger partial charge in [0.1, 0.15) is 0 Å². The molecule has 0 atom stereocenters. The largest absolute Gasteiger partial charge is 0.465 e. The van der Waals surface area contributed by atoms with Crippen molar-refractivity contribution in [2.24, 2.45) is 0 Å². The van der Waals surface area contributed by atoms with Crippen LogP contribution in [0.15, 0.2) is 35.0 Å². The van der Waals surface area contributed by atoms with Crippen LogP contribution in [0, 0.1) is 10.1 Å². The van der Waals surface area contributed by atoms with Crippen molar-refractivity contribution in [1.82, 2.24) is 4.90 Å². The lowest BCUT2D eigenvalue weighted by Gasteiger charge is -2.22. The molecule has 0 fully saturated rings. The molecule has 0 saturated heterocycles. The predicted molar refractivity (Wildman–Crippen MR) is 92.8 cm³/mol. The number of rotatable bonds is 4. The number of esters is 1. The highest BCUT2D eigenvalue weighted by atomic mass is 35.5. The Kier molecular flexibility index (Phi) is 5.27. The van der Waals surface area contributed by atoms with Gasteiger partial charge in [0, 0.05) is 34.5 Å².